The lowest BCUT2D eigenvalue weighted by molar-refractivity contribution is -0.132. The number of carbonyl (C=O) groups excluding carboxylic acids is 2. The molecule has 0 saturated carbocycles. The van der Waals surface area contributed by atoms with E-state index in [0.717, 1.165) is 10.9 Å². The minimum Gasteiger partial charge on any atom is -0.507 e. The van der Waals surface area contributed by atoms with Gasteiger partial charge in [-0.1, -0.05) is 41.1 Å². The number of aliphatic hydroxyl groups is 1. The quantitative estimate of drug-likeness (QED) is 0.288. The van der Waals surface area contributed by atoms with Gasteiger partial charge in [0.25, 0.3) is 5.78 Å². The molecule has 1 aliphatic rings. The number of rotatable bonds is 6. The number of benzene rings is 2. The predicted molar refractivity (Wildman–Crippen MR) is 125 cm³/mol. The van der Waals surface area contributed by atoms with Crippen LogP contribution < -0.4 is 9.64 Å². The second kappa shape index (κ2) is 9.36. The van der Waals surface area contributed by atoms with E-state index in [1.54, 1.807) is 48.7 Å². The molecule has 0 bridgehead atoms. The number of aliphatic hydroxyl groups excluding tert-OH is 1. The van der Waals surface area contributed by atoms with E-state index in [1.807, 2.05) is 31.2 Å². The van der Waals surface area contributed by atoms with Crippen molar-refractivity contribution >= 4 is 39.2 Å². The van der Waals surface area contributed by atoms with E-state index in [9.17, 15) is 14.7 Å². The van der Waals surface area contributed by atoms with Gasteiger partial charge in [-0.05, 0) is 60.5 Å². The average Bonchev–Trinajstić information content (AvgIpc) is 3.08. The second-order valence-electron chi connectivity index (χ2n) is 7.28. The van der Waals surface area contributed by atoms with Crippen molar-refractivity contribution in [3.63, 3.8) is 0 Å². The molecule has 0 aliphatic carbocycles. The zero-order valence-electron chi connectivity index (χ0n) is 17.4. The summed E-state index contributed by atoms with van der Waals surface area (Å²) >= 11 is 3.45. The van der Waals surface area contributed by atoms with Gasteiger partial charge in [0, 0.05) is 16.2 Å². The molecule has 1 saturated heterocycles. The molecule has 1 atom stereocenters. The van der Waals surface area contributed by atoms with Gasteiger partial charge in [-0.15, -0.1) is 0 Å². The van der Waals surface area contributed by atoms with Crippen molar-refractivity contribution in [2.45, 2.75) is 19.4 Å². The van der Waals surface area contributed by atoms with E-state index in [1.165, 1.54) is 4.90 Å². The number of halogens is 1. The lowest BCUT2D eigenvalue weighted by Crippen LogP contribution is -2.30. The van der Waals surface area contributed by atoms with E-state index in [-0.39, 0.29) is 11.3 Å². The minimum atomic E-state index is -0.821. The zero-order chi connectivity index (χ0) is 22.7. The van der Waals surface area contributed by atoms with Crippen molar-refractivity contribution in [1.82, 2.24) is 4.98 Å². The Hall–Kier alpha value is -3.45. The summed E-state index contributed by atoms with van der Waals surface area (Å²) in [4.78, 5) is 31.8. The van der Waals surface area contributed by atoms with Crippen molar-refractivity contribution in [3.8, 4) is 5.75 Å². The summed E-state index contributed by atoms with van der Waals surface area (Å²) in [5, 5.41) is 11.1. The third-order valence-corrected chi connectivity index (χ3v) is 5.60. The summed E-state index contributed by atoms with van der Waals surface area (Å²) in [5.74, 6) is -0.737. The van der Waals surface area contributed by atoms with Gasteiger partial charge in [0.05, 0.1) is 18.2 Å². The number of pyridine rings is 1. The fraction of sp³-hybridized carbons (Fsp3) is 0.160. The van der Waals surface area contributed by atoms with Gasteiger partial charge in [0.1, 0.15) is 17.3 Å². The van der Waals surface area contributed by atoms with Crippen LogP contribution in [-0.4, -0.2) is 28.4 Å². The first kappa shape index (κ1) is 21.8. The molecular weight excluding hydrogens is 472 g/mol. The third-order valence-electron chi connectivity index (χ3n) is 5.11. The Morgan fingerprint density at radius 2 is 1.88 bits per heavy atom. The van der Waals surface area contributed by atoms with Crippen LogP contribution in [0.4, 0.5) is 5.82 Å². The average molecular weight is 493 g/mol. The Kier molecular flexibility index (Phi) is 6.37. The Bertz CT molecular complexity index is 1180. The van der Waals surface area contributed by atoms with Gasteiger partial charge in [-0.25, -0.2) is 4.98 Å². The summed E-state index contributed by atoms with van der Waals surface area (Å²) in [7, 11) is 0. The normalized spacial score (nSPS) is 17.6. The van der Waals surface area contributed by atoms with Gasteiger partial charge < -0.3 is 9.84 Å². The number of aromatic nitrogens is 1. The molecule has 1 fully saturated rings. The zero-order valence-corrected chi connectivity index (χ0v) is 19.0. The fourth-order valence-corrected chi connectivity index (χ4v) is 4.06. The maximum absolute atomic E-state index is 13.1. The number of Topliss-reactive ketones (excluding diaryl/α,β-unsaturated/α-hetero) is 1. The summed E-state index contributed by atoms with van der Waals surface area (Å²) in [6.07, 6.45) is 2.44. The molecule has 0 spiro atoms. The third kappa shape index (κ3) is 4.16. The van der Waals surface area contributed by atoms with E-state index < -0.39 is 17.7 Å². The summed E-state index contributed by atoms with van der Waals surface area (Å²) in [5.41, 5.74) is 1.11. The van der Waals surface area contributed by atoms with Crippen LogP contribution in [-0.2, 0) is 9.59 Å². The molecule has 162 valence electrons. The van der Waals surface area contributed by atoms with Crippen LogP contribution >= 0.6 is 15.9 Å². The number of ether oxygens (including phenoxy) is 1. The number of carbonyl (C=O) groups is 2. The highest BCUT2D eigenvalue weighted by molar-refractivity contribution is 9.10. The minimum absolute atomic E-state index is 0.0148. The number of nitrogens with zero attached hydrogens (tertiary/aromatic N) is 2. The smallest absolute Gasteiger partial charge is 0.301 e. The van der Waals surface area contributed by atoms with Crippen molar-refractivity contribution < 1.29 is 19.4 Å². The molecule has 2 aromatic carbocycles. The van der Waals surface area contributed by atoms with Crippen molar-refractivity contribution in [1.29, 1.82) is 0 Å². The summed E-state index contributed by atoms with van der Waals surface area (Å²) in [6, 6.07) is 18.4. The van der Waals surface area contributed by atoms with Crippen LogP contribution in [0.2, 0.25) is 0 Å². The monoisotopic (exact) mass is 492 g/mol. The lowest BCUT2D eigenvalue weighted by atomic mass is 9.95. The van der Waals surface area contributed by atoms with Gasteiger partial charge in [-0.3, -0.25) is 14.5 Å². The number of hydrogen-bond acceptors (Lipinski definition) is 5. The molecule has 2 heterocycles. The van der Waals surface area contributed by atoms with E-state index in [4.69, 9.17) is 4.74 Å². The Morgan fingerprint density at radius 1 is 1.09 bits per heavy atom. The highest BCUT2D eigenvalue weighted by atomic mass is 79.9. The maximum Gasteiger partial charge on any atom is 0.301 e. The predicted octanol–water partition coefficient (Wildman–Crippen LogP) is 5.26. The molecule has 32 heavy (non-hydrogen) atoms. The van der Waals surface area contributed by atoms with Crippen LogP contribution in [0.15, 0.2) is 83.0 Å². The van der Waals surface area contributed by atoms with Gasteiger partial charge in [0.2, 0.25) is 0 Å². The van der Waals surface area contributed by atoms with E-state index in [0.29, 0.717) is 29.3 Å². The first-order valence-electron chi connectivity index (χ1n) is 10.2. The first-order valence-corrected chi connectivity index (χ1v) is 11.0. The molecule has 1 aromatic heterocycles. The van der Waals surface area contributed by atoms with Crippen LogP contribution in [0, 0.1) is 0 Å². The molecule has 1 amide bonds. The Morgan fingerprint density at radius 3 is 2.53 bits per heavy atom. The fourth-order valence-electron chi connectivity index (χ4n) is 3.64. The lowest BCUT2D eigenvalue weighted by Gasteiger charge is -2.24. The van der Waals surface area contributed by atoms with Gasteiger partial charge in [0.15, 0.2) is 0 Å². The molecule has 6 nitrogen and oxygen atoms in total. The topological polar surface area (TPSA) is 79.7 Å². The van der Waals surface area contributed by atoms with Crippen molar-refractivity contribution in [3.05, 3.63) is 94.1 Å². The largest absolute Gasteiger partial charge is 0.507 e. The Labute approximate surface area is 194 Å². The van der Waals surface area contributed by atoms with Crippen LogP contribution in [0.3, 0.4) is 0 Å². The SMILES string of the molecule is CCCOc1ccc(C(O)=C2C(=O)C(=O)N(c3ccccn3)[C@H]2c2cccc(Br)c2)cc1. The molecule has 0 radical (unpaired) electrons. The van der Waals surface area contributed by atoms with Crippen molar-refractivity contribution in [2.75, 3.05) is 11.5 Å². The van der Waals surface area contributed by atoms with Crippen LogP contribution in [0.25, 0.3) is 5.76 Å². The van der Waals surface area contributed by atoms with Crippen molar-refractivity contribution in [2.24, 2.45) is 0 Å². The van der Waals surface area contributed by atoms with Crippen LogP contribution in [0.5, 0.6) is 5.75 Å². The molecule has 1 aliphatic heterocycles. The Balaban J connectivity index is 1.85. The van der Waals surface area contributed by atoms with Crippen LogP contribution in [0.1, 0.15) is 30.5 Å². The van der Waals surface area contributed by atoms with Gasteiger partial charge in [-0.2, -0.15) is 0 Å². The number of anilines is 1. The number of amides is 1. The van der Waals surface area contributed by atoms with Gasteiger partial charge >= 0.3 is 5.91 Å². The van der Waals surface area contributed by atoms with E-state index >= 15 is 0 Å². The first-order chi connectivity index (χ1) is 15.5. The highest BCUT2D eigenvalue weighted by Gasteiger charge is 2.47. The summed E-state index contributed by atoms with van der Waals surface area (Å²) < 4.78 is 6.38. The molecule has 7 heteroatoms. The van der Waals surface area contributed by atoms with E-state index in [2.05, 4.69) is 20.9 Å². The molecule has 4 rings (SSSR count). The number of ketones is 1. The molecule has 1 N–H and O–H groups in total. The molecule has 3 aromatic rings. The maximum atomic E-state index is 13.1. The molecular formula is C25H21BrN2O4. The molecule has 0 unspecified atom stereocenters. The standard InChI is InChI=1S/C25H21BrN2O4/c1-2-14-32-19-11-9-16(10-12-19)23(29)21-22(17-6-5-7-18(26)15-17)28(25(31)24(21)30)20-8-3-4-13-27-20/h3-13,15,22,29H,2,14H2,1H3/t22-/m0/s1. The summed E-state index contributed by atoms with van der Waals surface area (Å²) in [6.45, 7) is 2.60. The second-order valence-corrected chi connectivity index (χ2v) is 8.20. The number of hydrogen-bond donors (Lipinski definition) is 1. The highest BCUT2D eigenvalue weighted by Crippen LogP contribution is 2.42.